The van der Waals surface area contributed by atoms with Crippen LogP contribution in [0.4, 0.5) is 5.69 Å². The molecule has 0 fully saturated rings. The summed E-state index contributed by atoms with van der Waals surface area (Å²) in [4.78, 5) is 18.0. The molecule has 0 aliphatic rings. The number of amides is 1. The van der Waals surface area contributed by atoms with E-state index >= 15 is 0 Å². The summed E-state index contributed by atoms with van der Waals surface area (Å²) in [6, 6.07) is 1.79. The number of thiophene rings is 1. The third kappa shape index (κ3) is 2.85. The van der Waals surface area contributed by atoms with E-state index in [0.29, 0.717) is 22.1 Å². The molecule has 0 aliphatic carbocycles. The summed E-state index contributed by atoms with van der Waals surface area (Å²) < 4.78 is 0. The van der Waals surface area contributed by atoms with E-state index in [1.165, 1.54) is 11.3 Å². The van der Waals surface area contributed by atoms with Crippen LogP contribution in [0, 0.1) is 13.8 Å². The number of aryl methyl sites for hydroxylation is 2. The van der Waals surface area contributed by atoms with Crippen molar-refractivity contribution in [2.24, 2.45) is 0 Å². The number of nitrogens with zero attached hydrogens (tertiary/aromatic N) is 3. The van der Waals surface area contributed by atoms with E-state index in [0.717, 1.165) is 27.0 Å². The monoisotopic (exact) mass is 347 g/mol. The quantitative estimate of drug-likeness (QED) is 0.759. The maximum absolute atomic E-state index is 12.4. The zero-order valence-corrected chi connectivity index (χ0v) is 14.1. The van der Waals surface area contributed by atoms with Crippen LogP contribution in [0.1, 0.15) is 26.5 Å². The van der Waals surface area contributed by atoms with Crippen LogP contribution in [0.5, 0.6) is 0 Å². The van der Waals surface area contributed by atoms with Gasteiger partial charge in [0.2, 0.25) is 0 Å². The lowest BCUT2D eigenvalue weighted by Crippen LogP contribution is -2.22. The van der Waals surface area contributed by atoms with Crippen LogP contribution in [0.25, 0.3) is 10.2 Å². The molecule has 0 saturated carbocycles. The Balaban J connectivity index is 1.92. The summed E-state index contributed by atoms with van der Waals surface area (Å²) in [7, 11) is 0. The number of fused-ring (bicyclic) bond motifs is 1. The van der Waals surface area contributed by atoms with Crippen molar-refractivity contribution in [3.05, 3.63) is 45.2 Å². The third-order valence-corrected chi connectivity index (χ3v) is 5.18. The van der Waals surface area contributed by atoms with Gasteiger partial charge >= 0.3 is 0 Å². The Kier molecular flexibility index (Phi) is 4.14. The van der Waals surface area contributed by atoms with Crippen molar-refractivity contribution in [1.29, 1.82) is 0 Å². The summed E-state index contributed by atoms with van der Waals surface area (Å²) in [6.07, 6.45) is 3.18. The number of anilines is 1. The lowest BCUT2D eigenvalue weighted by molar-refractivity contribution is 0.0956. The molecule has 3 aromatic rings. The zero-order valence-electron chi connectivity index (χ0n) is 12.6. The molecule has 8 heteroatoms. The number of carbonyl (C=O) groups is 1. The molecular weight excluding hydrogens is 334 g/mol. The van der Waals surface area contributed by atoms with Gasteiger partial charge in [-0.1, -0.05) is 11.6 Å². The van der Waals surface area contributed by atoms with E-state index in [9.17, 15) is 4.79 Å². The minimum Gasteiger partial charge on any atom is -0.397 e. The molecule has 0 unspecified atom stereocenters. The summed E-state index contributed by atoms with van der Waals surface area (Å²) in [5.74, 6) is -0.240. The van der Waals surface area contributed by atoms with Crippen molar-refractivity contribution in [2.45, 2.75) is 20.4 Å². The fraction of sp³-hybridized carbons (Fsp3) is 0.200. The van der Waals surface area contributed by atoms with Gasteiger partial charge in [0.05, 0.1) is 22.6 Å². The van der Waals surface area contributed by atoms with E-state index in [4.69, 9.17) is 17.3 Å². The molecule has 0 aliphatic heterocycles. The van der Waals surface area contributed by atoms with E-state index in [2.05, 4.69) is 20.5 Å². The lowest BCUT2D eigenvalue weighted by atomic mass is 10.1. The van der Waals surface area contributed by atoms with Crippen molar-refractivity contribution < 1.29 is 4.79 Å². The number of hydrogen-bond acceptors (Lipinski definition) is 6. The Labute approximate surface area is 141 Å². The minimum absolute atomic E-state index is 0.240. The first-order valence-electron chi connectivity index (χ1n) is 6.87. The molecule has 6 nitrogen and oxygen atoms in total. The Morgan fingerprint density at radius 3 is 2.87 bits per heavy atom. The van der Waals surface area contributed by atoms with Gasteiger partial charge in [-0.05, 0) is 31.0 Å². The van der Waals surface area contributed by atoms with Crippen molar-refractivity contribution in [2.75, 3.05) is 5.73 Å². The molecule has 3 rings (SSSR count). The largest absolute Gasteiger partial charge is 0.397 e. The maximum Gasteiger partial charge on any atom is 0.263 e. The molecule has 0 atom stereocenters. The molecule has 1 amide bonds. The number of halogens is 1. The Bertz CT molecular complexity index is 894. The number of nitrogen functional groups attached to an aromatic ring is 1. The maximum atomic E-state index is 12.4. The highest BCUT2D eigenvalue weighted by molar-refractivity contribution is 7.21. The molecule has 0 radical (unpaired) electrons. The van der Waals surface area contributed by atoms with Gasteiger partial charge in [-0.2, -0.15) is 10.2 Å². The van der Waals surface area contributed by atoms with Crippen molar-refractivity contribution in [3.63, 3.8) is 0 Å². The molecular formula is C15H14ClN5OS. The molecule has 3 heterocycles. The fourth-order valence-electron chi connectivity index (χ4n) is 2.31. The van der Waals surface area contributed by atoms with Crippen LogP contribution < -0.4 is 11.1 Å². The second-order valence-corrected chi connectivity index (χ2v) is 6.47. The average Bonchev–Trinajstić information content (AvgIpc) is 2.88. The first kappa shape index (κ1) is 15.6. The fourth-order valence-corrected chi connectivity index (χ4v) is 3.56. The van der Waals surface area contributed by atoms with Gasteiger partial charge in [-0.25, -0.2) is 4.98 Å². The third-order valence-electron chi connectivity index (χ3n) is 3.52. The van der Waals surface area contributed by atoms with Gasteiger partial charge in [0, 0.05) is 18.1 Å². The van der Waals surface area contributed by atoms with Crippen LogP contribution in [0.2, 0.25) is 5.02 Å². The summed E-state index contributed by atoms with van der Waals surface area (Å²) >= 11 is 7.50. The number of hydrogen-bond donors (Lipinski definition) is 2. The molecule has 0 spiro atoms. The smallest absolute Gasteiger partial charge is 0.263 e. The minimum atomic E-state index is -0.240. The predicted octanol–water partition coefficient (Wildman–Crippen LogP) is 2.87. The van der Waals surface area contributed by atoms with Crippen LogP contribution >= 0.6 is 22.9 Å². The first-order valence-corrected chi connectivity index (χ1v) is 8.07. The normalized spacial score (nSPS) is 10.9. The topological polar surface area (TPSA) is 93.8 Å². The first-order chi connectivity index (χ1) is 11.0. The van der Waals surface area contributed by atoms with Crippen LogP contribution in [-0.4, -0.2) is 21.1 Å². The van der Waals surface area contributed by atoms with Crippen LogP contribution in [0.15, 0.2) is 18.5 Å². The number of aromatic nitrogens is 3. The van der Waals surface area contributed by atoms with Crippen LogP contribution in [-0.2, 0) is 6.54 Å². The zero-order chi connectivity index (χ0) is 16.6. The second kappa shape index (κ2) is 6.10. The standard InChI is InChI=1S/C15H14ClN5OS/c1-7-10-12(17)13(23-15(10)21-8(2)11(7)16)14(22)18-5-9-3-4-19-20-6-9/h3-4,6H,5,17H2,1-2H3,(H,18,22). The van der Waals surface area contributed by atoms with Crippen molar-refractivity contribution >= 4 is 44.7 Å². The van der Waals surface area contributed by atoms with Gasteiger partial charge < -0.3 is 11.1 Å². The van der Waals surface area contributed by atoms with Crippen molar-refractivity contribution in [1.82, 2.24) is 20.5 Å². The van der Waals surface area contributed by atoms with Gasteiger partial charge in [0.1, 0.15) is 9.71 Å². The van der Waals surface area contributed by atoms with E-state index in [1.807, 2.05) is 13.8 Å². The van der Waals surface area contributed by atoms with Gasteiger partial charge in [-0.3, -0.25) is 4.79 Å². The highest BCUT2D eigenvalue weighted by Gasteiger charge is 2.20. The Morgan fingerprint density at radius 1 is 1.39 bits per heavy atom. The highest BCUT2D eigenvalue weighted by Crippen LogP contribution is 2.38. The molecule has 0 bridgehead atoms. The molecule has 23 heavy (non-hydrogen) atoms. The Hall–Kier alpha value is -2.25. The summed E-state index contributed by atoms with van der Waals surface area (Å²) in [6.45, 7) is 4.07. The van der Waals surface area contributed by atoms with E-state index in [1.54, 1.807) is 18.5 Å². The summed E-state index contributed by atoms with van der Waals surface area (Å²) in [5, 5.41) is 11.6. The summed E-state index contributed by atoms with van der Waals surface area (Å²) in [5.41, 5.74) is 9.02. The number of rotatable bonds is 3. The molecule has 0 aromatic carbocycles. The molecule has 3 N–H and O–H groups in total. The van der Waals surface area contributed by atoms with Crippen molar-refractivity contribution in [3.8, 4) is 0 Å². The van der Waals surface area contributed by atoms with E-state index < -0.39 is 0 Å². The SMILES string of the molecule is Cc1nc2sc(C(=O)NCc3ccnnc3)c(N)c2c(C)c1Cl. The highest BCUT2D eigenvalue weighted by atomic mass is 35.5. The van der Waals surface area contributed by atoms with Gasteiger partial charge in [0.25, 0.3) is 5.91 Å². The van der Waals surface area contributed by atoms with Crippen LogP contribution in [0.3, 0.4) is 0 Å². The number of nitrogens with one attached hydrogen (secondary N) is 1. The number of nitrogens with two attached hydrogens (primary N) is 1. The second-order valence-electron chi connectivity index (χ2n) is 5.09. The van der Waals surface area contributed by atoms with E-state index in [-0.39, 0.29) is 5.91 Å². The molecule has 0 saturated heterocycles. The lowest BCUT2D eigenvalue weighted by Gasteiger charge is -2.05. The average molecular weight is 348 g/mol. The Morgan fingerprint density at radius 2 is 2.17 bits per heavy atom. The molecule has 3 aromatic heterocycles. The number of carbonyl (C=O) groups excluding carboxylic acids is 1. The molecule has 118 valence electrons. The predicted molar refractivity (Wildman–Crippen MR) is 91.7 cm³/mol. The van der Waals surface area contributed by atoms with Gasteiger partial charge in [0.15, 0.2) is 0 Å². The number of pyridine rings is 1. The van der Waals surface area contributed by atoms with Gasteiger partial charge in [-0.15, -0.1) is 11.3 Å².